The van der Waals surface area contributed by atoms with Crippen LogP contribution >= 0.6 is 0 Å². The van der Waals surface area contributed by atoms with Crippen molar-refractivity contribution in [3.05, 3.63) is 42.0 Å². The lowest BCUT2D eigenvalue weighted by Crippen LogP contribution is -1.96. The molecule has 1 heterocycles. The molecule has 78 valence electrons. The van der Waals surface area contributed by atoms with Gasteiger partial charge >= 0.3 is 0 Å². The fourth-order valence-electron chi connectivity index (χ4n) is 1.80. The summed E-state index contributed by atoms with van der Waals surface area (Å²) < 4.78 is 13.1. The van der Waals surface area contributed by atoms with Crippen LogP contribution in [0.3, 0.4) is 0 Å². The van der Waals surface area contributed by atoms with Crippen molar-refractivity contribution >= 4 is 10.8 Å². The van der Waals surface area contributed by atoms with Crippen molar-refractivity contribution in [1.82, 2.24) is 4.98 Å². The maximum Gasteiger partial charge on any atom is 0.123 e. The van der Waals surface area contributed by atoms with Gasteiger partial charge in [-0.2, -0.15) is 0 Å². The standard InChI is InChI=1S/C13H14FN/c1-9(2)5-11-8-15-7-10-3-4-12(14)6-13(10)11/h3-4,6-9H,5H2,1-2H3. The van der Waals surface area contributed by atoms with E-state index in [4.69, 9.17) is 0 Å². The summed E-state index contributed by atoms with van der Waals surface area (Å²) in [5.74, 6) is 0.374. The predicted molar refractivity (Wildman–Crippen MR) is 60.2 cm³/mol. The molecule has 1 nitrogen and oxygen atoms in total. The Labute approximate surface area is 89.0 Å². The van der Waals surface area contributed by atoms with Gasteiger partial charge < -0.3 is 0 Å². The number of fused-ring (bicyclic) bond motifs is 1. The number of halogens is 1. The molecule has 1 aromatic heterocycles. The Bertz CT molecular complexity index is 477. The normalized spacial score (nSPS) is 11.2. The number of pyridine rings is 1. The van der Waals surface area contributed by atoms with Gasteiger partial charge in [0.1, 0.15) is 5.82 Å². The second-order valence-corrected chi connectivity index (χ2v) is 4.26. The van der Waals surface area contributed by atoms with E-state index >= 15 is 0 Å². The van der Waals surface area contributed by atoms with Crippen molar-refractivity contribution in [2.24, 2.45) is 5.92 Å². The number of aromatic nitrogens is 1. The van der Waals surface area contributed by atoms with Crippen LogP contribution in [0.25, 0.3) is 10.8 Å². The Kier molecular flexibility index (Phi) is 2.67. The largest absolute Gasteiger partial charge is 0.264 e. The highest BCUT2D eigenvalue weighted by atomic mass is 19.1. The van der Waals surface area contributed by atoms with E-state index in [1.54, 1.807) is 18.3 Å². The zero-order valence-electron chi connectivity index (χ0n) is 9.00. The van der Waals surface area contributed by atoms with Crippen LogP contribution in [0.4, 0.5) is 4.39 Å². The molecule has 2 heteroatoms. The van der Waals surface area contributed by atoms with Crippen LogP contribution in [0.5, 0.6) is 0 Å². The Morgan fingerprint density at radius 3 is 2.80 bits per heavy atom. The van der Waals surface area contributed by atoms with E-state index in [0.717, 1.165) is 22.8 Å². The Morgan fingerprint density at radius 2 is 2.07 bits per heavy atom. The topological polar surface area (TPSA) is 12.9 Å². The number of nitrogens with zero attached hydrogens (tertiary/aromatic N) is 1. The van der Waals surface area contributed by atoms with Crippen molar-refractivity contribution in [2.75, 3.05) is 0 Å². The van der Waals surface area contributed by atoms with Crippen LogP contribution < -0.4 is 0 Å². The van der Waals surface area contributed by atoms with Gasteiger partial charge in [0.05, 0.1) is 0 Å². The molecule has 0 aliphatic carbocycles. The van der Waals surface area contributed by atoms with Gasteiger partial charge in [-0.3, -0.25) is 4.98 Å². The summed E-state index contributed by atoms with van der Waals surface area (Å²) in [5, 5.41) is 1.99. The highest BCUT2D eigenvalue weighted by molar-refractivity contribution is 5.84. The Hall–Kier alpha value is -1.44. The summed E-state index contributed by atoms with van der Waals surface area (Å²) in [7, 11) is 0. The SMILES string of the molecule is CC(C)Cc1cncc2ccc(F)cc12. The molecule has 0 spiro atoms. The summed E-state index contributed by atoms with van der Waals surface area (Å²) in [6.45, 7) is 4.30. The smallest absolute Gasteiger partial charge is 0.123 e. The molecule has 2 rings (SSSR count). The molecule has 0 fully saturated rings. The van der Waals surface area contributed by atoms with Crippen LogP contribution in [0.15, 0.2) is 30.6 Å². The van der Waals surface area contributed by atoms with E-state index in [9.17, 15) is 4.39 Å². The second kappa shape index (κ2) is 3.97. The lowest BCUT2D eigenvalue weighted by molar-refractivity contribution is 0.628. The van der Waals surface area contributed by atoms with Crippen LogP contribution in [0.1, 0.15) is 19.4 Å². The Balaban J connectivity index is 2.58. The summed E-state index contributed by atoms with van der Waals surface area (Å²) in [5.41, 5.74) is 1.13. The summed E-state index contributed by atoms with van der Waals surface area (Å²) in [6, 6.07) is 4.85. The number of hydrogen-bond acceptors (Lipinski definition) is 1. The van der Waals surface area contributed by atoms with E-state index < -0.39 is 0 Å². The first-order valence-corrected chi connectivity index (χ1v) is 5.19. The van der Waals surface area contributed by atoms with Gasteiger partial charge in [-0.1, -0.05) is 13.8 Å². The van der Waals surface area contributed by atoms with Crippen LogP contribution in [-0.4, -0.2) is 4.98 Å². The van der Waals surface area contributed by atoms with Crippen molar-refractivity contribution in [3.8, 4) is 0 Å². The quantitative estimate of drug-likeness (QED) is 0.727. The lowest BCUT2D eigenvalue weighted by atomic mass is 9.99. The molecule has 0 saturated carbocycles. The molecule has 0 bridgehead atoms. The molecule has 2 aromatic rings. The highest BCUT2D eigenvalue weighted by Crippen LogP contribution is 2.21. The minimum atomic E-state index is -0.182. The van der Waals surface area contributed by atoms with Crippen molar-refractivity contribution in [1.29, 1.82) is 0 Å². The van der Waals surface area contributed by atoms with Gasteiger partial charge in [0.15, 0.2) is 0 Å². The average molecular weight is 203 g/mol. The summed E-state index contributed by atoms with van der Waals surface area (Å²) in [6.07, 6.45) is 4.55. The van der Waals surface area contributed by atoms with Crippen LogP contribution in [0, 0.1) is 11.7 Å². The fraction of sp³-hybridized carbons (Fsp3) is 0.308. The van der Waals surface area contributed by atoms with E-state index in [2.05, 4.69) is 18.8 Å². The molecular formula is C13H14FN. The van der Waals surface area contributed by atoms with Crippen molar-refractivity contribution < 1.29 is 4.39 Å². The van der Waals surface area contributed by atoms with Gasteiger partial charge in [0.2, 0.25) is 0 Å². The van der Waals surface area contributed by atoms with E-state index in [1.165, 1.54) is 6.07 Å². The zero-order chi connectivity index (χ0) is 10.8. The second-order valence-electron chi connectivity index (χ2n) is 4.26. The molecule has 0 atom stereocenters. The average Bonchev–Trinajstić information content (AvgIpc) is 2.18. The van der Waals surface area contributed by atoms with Crippen LogP contribution in [0.2, 0.25) is 0 Å². The van der Waals surface area contributed by atoms with Gasteiger partial charge in [-0.25, -0.2) is 4.39 Å². The molecule has 0 aliphatic rings. The minimum Gasteiger partial charge on any atom is -0.264 e. The van der Waals surface area contributed by atoms with Gasteiger partial charge in [0.25, 0.3) is 0 Å². The molecule has 0 saturated heterocycles. The van der Waals surface area contributed by atoms with Crippen LogP contribution in [-0.2, 0) is 6.42 Å². The lowest BCUT2D eigenvalue weighted by Gasteiger charge is -2.08. The van der Waals surface area contributed by atoms with Gasteiger partial charge in [0, 0.05) is 17.8 Å². The van der Waals surface area contributed by atoms with Gasteiger partial charge in [-0.15, -0.1) is 0 Å². The first-order chi connectivity index (χ1) is 7.16. The van der Waals surface area contributed by atoms with Crippen molar-refractivity contribution in [3.63, 3.8) is 0 Å². The molecular weight excluding hydrogens is 189 g/mol. The maximum absolute atomic E-state index is 13.1. The molecule has 1 aromatic carbocycles. The van der Waals surface area contributed by atoms with Gasteiger partial charge in [-0.05, 0) is 41.5 Å². The predicted octanol–water partition coefficient (Wildman–Crippen LogP) is 3.57. The van der Waals surface area contributed by atoms with Crippen molar-refractivity contribution in [2.45, 2.75) is 20.3 Å². The first-order valence-electron chi connectivity index (χ1n) is 5.19. The third kappa shape index (κ3) is 2.14. The third-order valence-electron chi connectivity index (χ3n) is 2.43. The third-order valence-corrected chi connectivity index (χ3v) is 2.43. The summed E-state index contributed by atoms with van der Waals surface area (Å²) in [4.78, 5) is 4.17. The zero-order valence-corrected chi connectivity index (χ0v) is 9.00. The number of hydrogen-bond donors (Lipinski definition) is 0. The molecule has 0 radical (unpaired) electrons. The molecule has 15 heavy (non-hydrogen) atoms. The Morgan fingerprint density at radius 1 is 1.27 bits per heavy atom. The monoisotopic (exact) mass is 203 g/mol. The molecule has 0 aliphatic heterocycles. The number of benzene rings is 1. The van der Waals surface area contributed by atoms with E-state index in [-0.39, 0.29) is 5.82 Å². The first kappa shape index (κ1) is 10.1. The molecule has 0 amide bonds. The minimum absolute atomic E-state index is 0.182. The summed E-state index contributed by atoms with van der Waals surface area (Å²) >= 11 is 0. The maximum atomic E-state index is 13.1. The molecule has 0 unspecified atom stereocenters. The number of rotatable bonds is 2. The fourth-order valence-corrected chi connectivity index (χ4v) is 1.80. The van der Waals surface area contributed by atoms with E-state index in [1.807, 2.05) is 6.20 Å². The highest BCUT2D eigenvalue weighted by Gasteiger charge is 2.04. The molecule has 0 N–H and O–H groups in total. The van der Waals surface area contributed by atoms with E-state index in [0.29, 0.717) is 5.92 Å².